The van der Waals surface area contributed by atoms with E-state index in [0.29, 0.717) is 26.1 Å². The van der Waals surface area contributed by atoms with Crippen LogP contribution in [0.25, 0.3) is 10.9 Å². The predicted octanol–water partition coefficient (Wildman–Crippen LogP) is 6.44. The van der Waals surface area contributed by atoms with Crippen LogP contribution in [-0.2, 0) is 4.74 Å². The standard InChI is InChI=1S/C22H23BrClN3O3S/c1-6-31-18-8-7-14(24)11-17(18)27(21(29)30-22(3,4)5)26-12-25-19-15(20(26)28)9-13(2)10-16(19)23/h7-12H,6H2,1-5H3. The Morgan fingerprint density at radius 2 is 2.00 bits per heavy atom. The van der Waals surface area contributed by atoms with Crippen LogP contribution in [-0.4, -0.2) is 27.1 Å². The number of rotatable bonds is 4. The molecule has 1 heterocycles. The van der Waals surface area contributed by atoms with E-state index < -0.39 is 17.3 Å². The van der Waals surface area contributed by atoms with Crippen molar-refractivity contribution in [2.75, 3.05) is 10.8 Å². The fraction of sp³-hybridized carbons (Fsp3) is 0.318. The van der Waals surface area contributed by atoms with Crippen molar-refractivity contribution in [2.24, 2.45) is 0 Å². The number of aryl methyl sites for hydroxylation is 1. The van der Waals surface area contributed by atoms with E-state index in [1.807, 2.05) is 26.0 Å². The number of ether oxygens (including phenoxy) is 1. The van der Waals surface area contributed by atoms with Crippen molar-refractivity contribution in [3.8, 4) is 0 Å². The van der Waals surface area contributed by atoms with Crippen molar-refractivity contribution in [2.45, 2.75) is 45.1 Å². The molecule has 3 rings (SSSR count). The number of nitrogens with zero attached hydrogens (tertiary/aromatic N) is 3. The smallest absolute Gasteiger partial charge is 0.434 e. The van der Waals surface area contributed by atoms with Crippen LogP contribution in [0, 0.1) is 6.92 Å². The minimum absolute atomic E-state index is 0.384. The summed E-state index contributed by atoms with van der Waals surface area (Å²) in [4.78, 5) is 32.0. The van der Waals surface area contributed by atoms with Gasteiger partial charge >= 0.3 is 6.09 Å². The molecule has 0 unspecified atom stereocenters. The molecule has 2 aromatic carbocycles. The van der Waals surface area contributed by atoms with Gasteiger partial charge in [-0.25, -0.2) is 9.78 Å². The highest BCUT2D eigenvalue weighted by molar-refractivity contribution is 9.10. The van der Waals surface area contributed by atoms with E-state index in [9.17, 15) is 9.59 Å². The van der Waals surface area contributed by atoms with Gasteiger partial charge in [-0.05, 0) is 85.3 Å². The normalized spacial score (nSPS) is 11.6. The molecule has 0 saturated carbocycles. The molecule has 1 aromatic heterocycles. The van der Waals surface area contributed by atoms with Crippen molar-refractivity contribution in [1.82, 2.24) is 9.66 Å². The maximum Gasteiger partial charge on any atom is 0.434 e. The highest BCUT2D eigenvalue weighted by Crippen LogP contribution is 2.34. The molecule has 164 valence electrons. The first-order valence-electron chi connectivity index (χ1n) is 9.65. The predicted molar refractivity (Wildman–Crippen MR) is 130 cm³/mol. The van der Waals surface area contributed by atoms with E-state index in [0.717, 1.165) is 16.2 Å². The Labute approximate surface area is 198 Å². The van der Waals surface area contributed by atoms with Crippen LogP contribution in [0.2, 0.25) is 5.02 Å². The minimum Gasteiger partial charge on any atom is -0.442 e. The van der Waals surface area contributed by atoms with Gasteiger partial charge in [0.15, 0.2) is 0 Å². The van der Waals surface area contributed by atoms with Crippen molar-refractivity contribution in [1.29, 1.82) is 0 Å². The molecule has 31 heavy (non-hydrogen) atoms. The van der Waals surface area contributed by atoms with Crippen LogP contribution in [0.1, 0.15) is 33.3 Å². The van der Waals surface area contributed by atoms with Crippen LogP contribution in [0.15, 0.2) is 50.8 Å². The summed E-state index contributed by atoms with van der Waals surface area (Å²) in [5.74, 6) is 0.772. The minimum atomic E-state index is -0.764. The number of carbonyl (C=O) groups is 1. The van der Waals surface area contributed by atoms with E-state index in [2.05, 4.69) is 20.9 Å². The first kappa shape index (κ1) is 23.6. The van der Waals surface area contributed by atoms with Crippen LogP contribution >= 0.6 is 39.3 Å². The third-order valence-corrected chi connectivity index (χ3v) is 5.96. The van der Waals surface area contributed by atoms with E-state index in [1.54, 1.807) is 39.0 Å². The van der Waals surface area contributed by atoms with Gasteiger partial charge in [-0.2, -0.15) is 9.69 Å². The molecular formula is C22H23BrClN3O3S. The SMILES string of the molecule is CCSc1ccc(Cl)cc1N(C(=O)OC(C)(C)C)n1cnc2c(Br)cc(C)cc2c1=O. The summed E-state index contributed by atoms with van der Waals surface area (Å²) >= 11 is 11.3. The maximum atomic E-state index is 13.5. The fourth-order valence-electron chi connectivity index (χ4n) is 3.00. The summed E-state index contributed by atoms with van der Waals surface area (Å²) in [6, 6.07) is 8.85. The highest BCUT2D eigenvalue weighted by Gasteiger charge is 2.28. The second kappa shape index (κ2) is 9.22. The lowest BCUT2D eigenvalue weighted by Gasteiger charge is -2.29. The number of fused-ring (bicyclic) bond motifs is 1. The second-order valence-corrected chi connectivity index (χ2v) is 10.5. The molecule has 6 nitrogen and oxygen atoms in total. The summed E-state index contributed by atoms with van der Waals surface area (Å²) < 4.78 is 7.52. The number of anilines is 1. The topological polar surface area (TPSA) is 64.4 Å². The van der Waals surface area contributed by atoms with Gasteiger partial charge in [0.25, 0.3) is 5.56 Å². The maximum absolute atomic E-state index is 13.5. The third-order valence-electron chi connectivity index (χ3n) is 4.17. The molecule has 0 spiro atoms. The summed E-state index contributed by atoms with van der Waals surface area (Å²) in [6.07, 6.45) is 0.623. The lowest BCUT2D eigenvalue weighted by atomic mass is 10.2. The second-order valence-electron chi connectivity index (χ2n) is 7.87. The Bertz CT molecular complexity index is 1210. The third kappa shape index (κ3) is 5.25. The lowest BCUT2D eigenvalue weighted by Crippen LogP contribution is -2.45. The van der Waals surface area contributed by atoms with E-state index in [1.165, 1.54) is 27.8 Å². The summed E-state index contributed by atoms with van der Waals surface area (Å²) in [5, 5.41) is 2.01. The molecule has 0 atom stereocenters. The van der Waals surface area contributed by atoms with Gasteiger partial charge < -0.3 is 4.74 Å². The number of hydrogen-bond donors (Lipinski definition) is 0. The number of hydrogen-bond acceptors (Lipinski definition) is 5. The quantitative estimate of drug-likeness (QED) is 0.368. The Morgan fingerprint density at radius 1 is 1.29 bits per heavy atom. The zero-order valence-corrected chi connectivity index (χ0v) is 21.1. The molecule has 0 aliphatic rings. The molecule has 9 heteroatoms. The van der Waals surface area contributed by atoms with Crippen molar-refractivity contribution < 1.29 is 9.53 Å². The molecule has 0 radical (unpaired) electrons. The largest absolute Gasteiger partial charge is 0.442 e. The highest BCUT2D eigenvalue weighted by atomic mass is 79.9. The van der Waals surface area contributed by atoms with E-state index in [4.69, 9.17) is 16.3 Å². The Morgan fingerprint density at radius 3 is 2.65 bits per heavy atom. The fourth-order valence-corrected chi connectivity index (χ4v) is 4.61. The molecule has 0 saturated heterocycles. The molecule has 0 aliphatic heterocycles. The number of aromatic nitrogens is 2. The van der Waals surface area contributed by atoms with Crippen LogP contribution in [0.4, 0.5) is 10.5 Å². The number of thioether (sulfide) groups is 1. The van der Waals surface area contributed by atoms with Gasteiger partial charge in [0.2, 0.25) is 0 Å². The number of amides is 1. The van der Waals surface area contributed by atoms with Gasteiger partial charge in [-0.15, -0.1) is 11.8 Å². The Kier molecular flexibility index (Phi) is 7.03. The first-order chi connectivity index (χ1) is 14.5. The zero-order chi connectivity index (χ0) is 22.9. The lowest BCUT2D eigenvalue weighted by molar-refractivity contribution is 0.0561. The Balaban J connectivity index is 2.31. The van der Waals surface area contributed by atoms with Crippen LogP contribution in [0.5, 0.6) is 0 Å². The van der Waals surface area contributed by atoms with E-state index in [-0.39, 0.29) is 0 Å². The van der Waals surface area contributed by atoms with Crippen molar-refractivity contribution in [3.63, 3.8) is 0 Å². The molecule has 1 amide bonds. The number of carbonyl (C=O) groups excluding carboxylic acids is 1. The van der Waals surface area contributed by atoms with Gasteiger partial charge in [0, 0.05) is 14.4 Å². The van der Waals surface area contributed by atoms with Gasteiger partial charge in [0.05, 0.1) is 16.6 Å². The van der Waals surface area contributed by atoms with Gasteiger partial charge in [-0.3, -0.25) is 4.79 Å². The monoisotopic (exact) mass is 523 g/mol. The van der Waals surface area contributed by atoms with Gasteiger partial charge in [-0.1, -0.05) is 18.5 Å². The molecule has 0 aliphatic carbocycles. The zero-order valence-electron chi connectivity index (χ0n) is 17.9. The summed E-state index contributed by atoms with van der Waals surface area (Å²) in [6.45, 7) is 9.20. The molecule has 0 fully saturated rings. The first-order valence-corrected chi connectivity index (χ1v) is 11.8. The molecule has 3 aromatic rings. The van der Waals surface area contributed by atoms with Crippen molar-refractivity contribution in [3.05, 3.63) is 62.1 Å². The van der Waals surface area contributed by atoms with Crippen LogP contribution < -0.4 is 10.6 Å². The summed E-state index contributed by atoms with van der Waals surface area (Å²) in [7, 11) is 0. The average molecular weight is 525 g/mol. The van der Waals surface area contributed by atoms with E-state index >= 15 is 0 Å². The number of benzene rings is 2. The summed E-state index contributed by atoms with van der Waals surface area (Å²) in [5.41, 5.74) is 0.700. The molecule has 0 bridgehead atoms. The van der Waals surface area contributed by atoms with Gasteiger partial charge in [0.1, 0.15) is 11.9 Å². The van der Waals surface area contributed by atoms with Crippen LogP contribution in [0.3, 0.4) is 0 Å². The average Bonchev–Trinajstić information content (AvgIpc) is 2.65. The molecular weight excluding hydrogens is 502 g/mol. The molecule has 0 N–H and O–H groups in total. The van der Waals surface area contributed by atoms with Crippen molar-refractivity contribution >= 4 is 62.0 Å². The number of halogens is 2. The Hall–Kier alpha value is -2.03.